The van der Waals surface area contributed by atoms with Crippen LogP contribution in [-0.2, 0) is 27.5 Å². The van der Waals surface area contributed by atoms with Gasteiger partial charge in [0, 0.05) is 0 Å². The molecule has 0 aliphatic carbocycles. The van der Waals surface area contributed by atoms with Crippen LogP contribution >= 0.6 is 22.7 Å². The SMILES string of the molecule is CS(=O)(=O)OCc1ccsc1.OCc1ccsc1. The van der Waals surface area contributed by atoms with E-state index in [1.165, 1.54) is 11.3 Å². The maximum Gasteiger partial charge on any atom is 0.264 e. The Balaban J connectivity index is 0.000000199. The lowest BCUT2D eigenvalue weighted by atomic mass is 10.4. The van der Waals surface area contributed by atoms with Gasteiger partial charge in [-0.15, -0.1) is 0 Å². The lowest BCUT2D eigenvalue weighted by Crippen LogP contribution is -2.01. The van der Waals surface area contributed by atoms with E-state index in [1.807, 2.05) is 33.7 Å². The standard InChI is InChI=1S/C6H8O3S2.C5H6OS/c1-11(7,8)9-4-6-2-3-10-5-6;6-3-5-1-2-7-4-5/h2-3,5H,4H2,1H3;1-2,4,6H,3H2. The summed E-state index contributed by atoms with van der Waals surface area (Å²) in [6, 6.07) is 3.74. The summed E-state index contributed by atoms with van der Waals surface area (Å²) in [5.41, 5.74) is 1.89. The lowest BCUT2D eigenvalue weighted by molar-refractivity contribution is 0.282. The first kappa shape index (κ1) is 15.3. The molecule has 0 saturated heterocycles. The van der Waals surface area contributed by atoms with Gasteiger partial charge in [0.15, 0.2) is 0 Å². The molecule has 0 bridgehead atoms. The molecule has 0 saturated carbocycles. The number of thiophene rings is 2. The first-order valence-corrected chi connectivity index (χ1v) is 8.69. The van der Waals surface area contributed by atoms with Gasteiger partial charge in [-0.2, -0.15) is 31.1 Å². The van der Waals surface area contributed by atoms with Crippen molar-refractivity contribution in [1.29, 1.82) is 0 Å². The Bertz CT molecular complexity index is 515. The molecule has 0 amide bonds. The van der Waals surface area contributed by atoms with Crippen LogP contribution in [0.15, 0.2) is 33.7 Å². The van der Waals surface area contributed by atoms with Gasteiger partial charge in [-0.25, -0.2) is 0 Å². The molecule has 0 aliphatic rings. The molecule has 18 heavy (non-hydrogen) atoms. The van der Waals surface area contributed by atoms with Gasteiger partial charge in [-0.05, 0) is 44.8 Å². The van der Waals surface area contributed by atoms with Gasteiger partial charge in [-0.3, -0.25) is 4.18 Å². The largest absolute Gasteiger partial charge is 0.392 e. The van der Waals surface area contributed by atoms with Crippen molar-refractivity contribution in [3.63, 3.8) is 0 Å². The van der Waals surface area contributed by atoms with Crippen molar-refractivity contribution in [1.82, 2.24) is 0 Å². The zero-order valence-electron chi connectivity index (χ0n) is 9.78. The fraction of sp³-hybridized carbons (Fsp3) is 0.273. The minimum atomic E-state index is -3.30. The minimum Gasteiger partial charge on any atom is -0.392 e. The predicted molar refractivity (Wildman–Crippen MR) is 74.2 cm³/mol. The Labute approximate surface area is 115 Å². The average molecular weight is 306 g/mol. The number of hydrogen-bond donors (Lipinski definition) is 1. The monoisotopic (exact) mass is 306 g/mol. The third kappa shape index (κ3) is 6.87. The van der Waals surface area contributed by atoms with Crippen molar-refractivity contribution in [3.8, 4) is 0 Å². The lowest BCUT2D eigenvalue weighted by Gasteiger charge is -1.96. The summed E-state index contributed by atoms with van der Waals surface area (Å²) >= 11 is 3.12. The third-order valence-electron chi connectivity index (χ3n) is 1.78. The van der Waals surface area contributed by atoms with Crippen LogP contribution in [0, 0.1) is 0 Å². The van der Waals surface area contributed by atoms with Crippen LogP contribution in [0.25, 0.3) is 0 Å². The summed E-state index contributed by atoms with van der Waals surface area (Å²) < 4.78 is 25.6. The van der Waals surface area contributed by atoms with E-state index >= 15 is 0 Å². The number of rotatable bonds is 4. The zero-order valence-corrected chi connectivity index (χ0v) is 12.2. The quantitative estimate of drug-likeness (QED) is 0.881. The molecule has 0 unspecified atom stereocenters. The average Bonchev–Trinajstić information content (AvgIpc) is 2.99. The van der Waals surface area contributed by atoms with Crippen molar-refractivity contribution in [3.05, 3.63) is 44.8 Å². The highest BCUT2D eigenvalue weighted by Gasteiger charge is 2.01. The molecule has 0 aliphatic heterocycles. The molecular weight excluding hydrogens is 292 g/mol. The first-order valence-electron chi connectivity index (χ1n) is 4.98. The van der Waals surface area contributed by atoms with Gasteiger partial charge in [0.25, 0.3) is 10.1 Å². The van der Waals surface area contributed by atoms with Gasteiger partial charge in [0.2, 0.25) is 0 Å². The first-order chi connectivity index (χ1) is 8.51. The van der Waals surface area contributed by atoms with E-state index < -0.39 is 10.1 Å². The van der Waals surface area contributed by atoms with Crippen molar-refractivity contribution < 1.29 is 17.7 Å². The molecule has 0 atom stereocenters. The second kappa shape index (κ2) is 7.65. The van der Waals surface area contributed by atoms with Crippen LogP contribution in [0.1, 0.15) is 11.1 Å². The molecule has 0 fully saturated rings. The maximum absolute atomic E-state index is 10.5. The van der Waals surface area contributed by atoms with E-state index in [2.05, 4.69) is 4.18 Å². The Morgan fingerprint density at radius 3 is 2.06 bits per heavy atom. The number of aliphatic hydroxyl groups is 1. The van der Waals surface area contributed by atoms with E-state index in [0.717, 1.165) is 17.4 Å². The highest BCUT2D eigenvalue weighted by atomic mass is 32.2. The summed E-state index contributed by atoms with van der Waals surface area (Å²) in [7, 11) is -3.30. The van der Waals surface area contributed by atoms with Crippen molar-refractivity contribution in [2.24, 2.45) is 0 Å². The Kier molecular flexibility index (Phi) is 6.51. The molecule has 0 radical (unpaired) electrons. The van der Waals surface area contributed by atoms with Crippen LogP contribution in [0.4, 0.5) is 0 Å². The molecule has 0 spiro atoms. The topological polar surface area (TPSA) is 63.6 Å². The van der Waals surface area contributed by atoms with Crippen LogP contribution in [0.3, 0.4) is 0 Å². The minimum absolute atomic E-state index is 0.141. The van der Waals surface area contributed by atoms with Gasteiger partial charge in [0.05, 0.1) is 19.5 Å². The van der Waals surface area contributed by atoms with Gasteiger partial charge in [0.1, 0.15) is 0 Å². The van der Waals surface area contributed by atoms with Crippen molar-refractivity contribution in [2.45, 2.75) is 13.2 Å². The number of aliphatic hydroxyl groups excluding tert-OH is 1. The summed E-state index contributed by atoms with van der Waals surface area (Å²) in [5, 5.41) is 16.0. The van der Waals surface area contributed by atoms with E-state index in [4.69, 9.17) is 5.11 Å². The van der Waals surface area contributed by atoms with Gasteiger partial charge < -0.3 is 5.11 Å². The Morgan fingerprint density at radius 2 is 1.72 bits per heavy atom. The predicted octanol–water partition coefficient (Wildman–Crippen LogP) is 2.46. The van der Waals surface area contributed by atoms with Crippen molar-refractivity contribution in [2.75, 3.05) is 6.26 Å². The highest BCUT2D eigenvalue weighted by Crippen LogP contribution is 2.08. The van der Waals surface area contributed by atoms with E-state index in [0.29, 0.717) is 0 Å². The second-order valence-electron chi connectivity index (χ2n) is 3.39. The van der Waals surface area contributed by atoms with Crippen LogP contribution < -0.4 is 0 Å². The van der Waals surface area contributed by atoms with Gasteiger partial charge >= 0.3 is 0 Å². The van der Waals surface area contributed by atoms with E-state index in [9.17, 15) is 8.42 Å². The fourth-order valence-corrected chi connectivity index (χ4v) is 2.60. The number of hydrogen-bond acceptors (Lipinski definition) is 6. The van der Waals surface area contributed by atoms with Crippen LogP contribution in [0.2, 0.25) is 0 Å². The molecule has 0 aromatic carbocycles. The maximum atomic E-state index is 10.5. The molecule has 7 heteroatoms. The van der Waals surface area contributed by atoms with Gasteiger partial charge in [-0.1, -0.05) is 0 Å². The Morgan fingerprint density at radius 1 is 1.17 bits per heavy atom. The smallest absolute Gasteiger partial charge is 0.264 e. The normalized spacial score (nSPS) is 10.8. The van der Waals surface area contributed by atoms with E-state index in [1.54, 1.807) is 11.3 Å². The van der Waals surface area contributed by atoms with Crippen molar-refractivity contribution >= 4 is 32.8 Å². The molecular formula is C11H14O4S3. The van der Waals surface area contributed by atoms with E-state index in [-0.39, 0.29) is 13.2 Å². The fourth-order valence-electron chi connectivity index (χ4n) is 0.932. The second-order valence-corrected chi connectivity index (χ2v) is 6.59. The Hall–Kier alpha value is -0.730. The summed E-state index contributed by atoms with van der Waals surface area (Å²) in [5.74, 6) is 0. The van der Waals surface area contributed by atoms with Crippen LogP contribution in [0.5, 0.6) is 0 Å². The summed E-state index contributed by atoms with van der Waals surface area (Å²) in [4.78, 5) is 0. The molecule has 2 aromatic heterocycles. The summed E-state index contributed by atoms with van der Waals surface area (Å²) in [6.07, 6.45) is 1.04. The molecule has 2 aromatic rings. The molecule has 4 nitrogen and oxygen atoms in total. The highest BCUT2D eigenvalue weighted by molar-refractivity contribution is 7.85. The zero-order chi connectivity index (χ0) is 13.4. The molecule has 2 rings (SSSR count). The summed E-state index contributed by atoms with van der Waals surface area (Å²) in [6.45, 7) is 0.311. The van der Waals surface area contributed by atoms with Crippen LogP contribution in [-0.4, -0.2) is 19.8 Å². The molecule has 100 valence electrons. The molecule has 2 heterocycles. The molecule has 1 N–H and O–H groups in total. The third-order valence-corrected chi connectivity index (χ3v) is 3.79.